The van der Waals surface area contributed by atoms with Crippen LogP contribution < -0.4 is 9.80 Å². The molecule has 20 heavy (non-hydrogen) atoms. The topological polar surface area (TPSA) is 37.6 Å². The Kier molecular flexibility index (Phi) is 4.96. The molecule has 0 aliphatic heterocycles. The van der Waals surface area contributed by atoms with Crippen LogP contribution in [0.15, 0.2) is 18.2 Å². The highest BCUT2D eigenvalue weighted by Gasteiger charge is 2.17. The van der Waals surface area contributed by atoms with E-state index in [1.54, 1.807) is 11.8 Å². The van der Waals surface area contributed by atoms with Gasteiger partial charge in [-0.3, -0.25) is 9.69 Å². The zero-order chi connectivity index (χ0) is 14.7. The maximum atomic E-state index is 11.8. The first-order chi connectivity index (χ1) is 9.49. The second kappa shape index (κ2) is 6.52. The van der Waals surface area contributed by atoms with Gasteiger partial charge in [-0.05, 0) is 12.1 Å². The molecule has 0 unspecified atom stereocenters. The van der Waals surface area contributed by atoms with Crippen LogP contribution in [0.1, 0.15) is 13.3 Å². The lowest BCUT2D eigenvalue weighted by Crippen LogP contribution is -3.05. The maximum absolute atomic E-state index is 11.8. The summed E-state index contributed by atoms with van der Waals surface area (Å²) >= 11 is 7.65. The van der Waals surface area contributed by atoms with Gasteiger partial charge in [0.1, 0.15) is 5.52 Å². The van der Waals surface area contributed by atoms with E-state index in [-0.39, 0.29) is 5.91 Å². The number of hydrogen-bond acceptors (Lipinski definition) is 3. The smallest absolute Gasteiger partial charge is 0.225 e. The lowest BCUT2D eigenvalue weighted by Gasteiger charge is -2.18. The quantitative estimate of drug-likeness (QED) is 0.915. The summed E-state index contributed by atoms with van der Waals surface area (Å²) < 4.78 is 1.01. The van der Waals surface area contributed by atoms with Gasteiger partial charge in [-0.15, -0.1) is 0 Å². The molecule has 0 spiro atoms. The van der Waals surface area contributed by atoms with E-state index in [4.69, 9.17) is 11.6 Å². The van der Waals surface area contributed by atoms with Gasteiger partial charge in [-0.1, -0.05) is 29.0 Å². The number of aromatic nitrogens is 1. The summed E-state index contributed by atoms with van der Waals surface area (Å²) in [5.74, 6) is 0.0222. The minimum absolute atomic E-state index is 0.0222. The van der Waals surface area contributed by atoms with Crippen LogP contribution in [0.4, 0.5) is 5.13 Å². The third-order valence-electron chi connectivity index (χ3n) is 3.03. The molecule has 0 radical (unpaired) electrons. The van der Waals surface area contributed by atoms with Crippen LogP contribution in [0, 0.1) is 0 Å². The summed E-state index contributed by atoms with van der Waals surface area (Å²) in [6.45, 7) is 3.30. The molecular formula is C14H19ClN3OS+. The van der Waals surface area contributed by atoms with Crippen LogP contribution in [0.25, 0.3) is 10.2 Å². The zero-order valence-electron chi connectivity index (χ0n) is 11.9. The van der Waals surface area contributed by atoms with Gasteiger partial charge < -0.3 is 4.90 Å². The summed E-state index contributed by atoms with van der Waals surface area (Å²) in [7, 11) is 4.21. The van der Waals surface area contributed by atoms with Crippen LogP contribution in [0.5, 0.6) is 0 Å². The van der Waals surface area contributed by atoms with Crippen molar-refractivity contribution in [3.05, 3.63) is 23.2 Å². The van der Waals surface area contributed by atoms with Gasteiger partial charge in [0, 0.05) is 19.9 Å². The Morgan fingerprint density at radius 3 is 2.80 bits per heavy atom. The molecule has 108 valence electrons. The molecule has 1 N–H and O–H groups in total. The third kappa shape index (κ3) is 3.48. The van der Waals surface area contributed by atoms with Crippen molar-refractivity contribution >= 4 is 44.2 Å². The fourth-order valence-corrected chi connectivity index (χ4v) is 3.33. The fraction of sp³-hybridized carbons (Fsp3) is 0.429. The molecule has 0 fully saturated rings. The van der Waals surface area contributed by atoms with Gasteiger partial charge >= 0.3 is 0 Å². The predicted molar refractivity (Wildman–Crippen MR) is 85.0 cm³/mol. The van der Waals surface area contributed by atoms with Gasteiger partial charge in [0.25, 0.3) is 0 Å². The molecule has 1 amide bonds. The van der Waals surface area contributed by atoms with Crippen LogP contribution >= 0.6 is 22.9 Å². The second-order valence-corrected chi connectivity index (χ2v) is 6.48. The molecule has 0 saturated carbocycles. The number of anilines is 1. The van der Waals surface area contributed by atoms with Crippen molar-refractivity contribution in [2.45, 2.75) is 13.3 Å². The SMILES string of the molecule is CC(=O)N(CCC[NH+](C)C)c1nc2c(Cl)cccc2s1. The third-order valence-corrected chi connectivity index (χ3v) is 4.38. The van der Waals surface area contributed by atoms with Crippen molar-refractivity contribution < 1.29 is 9.69 Å². The van der Waals surface area contributed by atoms with E-state index in [0.29, 0.717) is 11.6 Å². The molecule has 6 heteroatoms. The summed E-state index contributed by atoms with van der Waals surface area (Å²) in [4.78, 5) is 19.5. The van der Waals surface area contributed by atoms with E-state index >= 15 is 0 Å². The summed E-state index contributed by atoms with van der Waals surface area (Å²) in [5, 5.41) is 1.36. The van der Waals surface area contributed by atoms with Crippen molar-refractivity contribution in [2.75, 3.05) is 32.1 Å². The molecule has 1 heterocycles. The monoisotopic (exact) mass is 312 g/mol. The summed E-state index contributed by atoms with van der Waals surface area (Å²) in [5.41, 5.74) is 0.777. The molecule has 2 rings (SSSR count). The first-order valence-electron chi connectivity index (χ1n) is 6.61. The maximum Gasteiger partial charge on any atom is 0.225 e. The lowest BCUT2D eigenvalue weighted by molar-refractivity contribution is -0.858. The fourth-order valence-electron chi connectivity index (χ4n) is 2.00. The molecule has 1 aromatic heterocycles. The standard InChI is InChI=1S/C14H18ClN3OS/c1-10(19)18(9-5-8-17(2)3)14-16-13-11(15)6-4-7-12(13)20-14/h4,6-7H,5,8-9H2,1-3H3/p+1. The van der Waals surface area contributed by atoms with E-state index in [0.717, 1.165) is 28.3 Å². The number of para-hydroxylation sites is 1. The number of carbonyl (C=O) groups excluding carboxylic acids is 1. The number of quaternary nitrogens is 1. The van der Waals surface area contributed by atoms with E-state index in [1.807, 2.05) is 18.2 Å². The molecule has 0 saturated heterocycles. The van der Waals surface area contributed by atoms with E-state index in [2.05, 4.69) is 19.1 Å². The Morgan fingerprint density at radius 1 is 1.45 bits per heavy atom. The molecular weight excluding hydrogens is 294 g/mol. The van der Waals surface area contributed by atoms with E-state index in [9.17, 15) is 4.79 Å². The molecule has 0 atom stereocenters. The minimum Gasteiger partial charge on any atom is -0.340 e. The van der Waals surface area contributed by atoms with Crippen LogP contribution in [0.3, 0.4) is 0 Å². The molecule has 2 aromatic rings. The second-order valence-electron chi connectivity index (χ2n) is 5.06. The first kappa shape index (κ1) is 15.2. The van der Waals surface area contributed by atoms with Gasteiger partial charge in [0.05, 0.1) is 30.4 Å². The number of hydrogen-bond donors (Lipinski definition) is 1. The number of thiazole rings is 1. The van der Waals surface area contributed by atoms with Crippen molar-refractivity contribution in [1.82, 2.24) is 4.98 Å². The first-order valence-corrected chi connectivity index (χ1v) is 7.80. The number of carbonyl (C=O) groups is 1. The van der Waals surface area contributed by atoms with Gasteiger partial charge in [-0.2, -0.15) is 0 Å². The number of benzene rings is 1. The average Bonchev–Trinajstić information content (AvgIpc) is 2.78. The Bertz CT molecular complexity index is 611. The number of halogens is 1. The number of rotatable bonds is 5. The number of nitrogens with one attached hydrogen (secondary N) is 1. The van der Waals surface area contributed by atoms with Crippen molar-refractivity contribution in [3.8, 4) is 0 Å². The molecule has 1 aromatic carbocycles. The highest BCUT2D eigenvalue weighted by molar-refractivity contribution is 7.22. The normalized spacial score (nSPS) is 11.2. The van der Waals surface area contributed by atoms with Crippen LogP contribution in [-0.4, -0.2) is 38.1 Å². The van der Waals surface area contributed by atoms with Gasteiger partial charge in [0.15, 0.2) is 5.13 Å². The molecule has 4 nitrogen and oxygen atoms in total. The highest BCUT2D eigenvalue weighted by Crippen LogP contribution is 2.32. The Balaban J connectivity index is 2.23. The number of amides is 1. The van der Waals surface area contributed by atoms with E-state index < -0.39 is 0 Å². The van der Waals surface area contributed by atoms with Crippen molar-refractivity contribution in [3.63, 3.8) is 0 Å². The number of fused-ring (bicyclic) bond motifs is 1. The summed E-state index contributed by atoms with van der Waals surface area (Å²) in [6, 6.07) is 5.70. The Morgan fingerprint density at radius 2 is 2.20 bits per heavy atom. The number of nitrogens with zero attached hydrogens (tertiary/aromatic N) is 2. The largest absolute Gasteiger partial charge is 0.340 e. The van der Waals surface area contributed by atoms with E-state index in [1.165, 1.54) is 16.2 Å². The Labute approximate surface area is 128 Å². The summed E-state index contributed by atoms with van der Waals surface area (Å²) in [6.07, 6.45) is 0.950. The lowest BCUT2D eigenvalue weighted by atomic mass is 10.3. The van der Waals surface area contributed by atoms with Gasteiger partial charge in [0.2, 0.25) is 5.91 Å². The molecule has 0 aliphatic carbocycles. The van der Waals surface area contributed by atoms with Crippen LogP contribution in [0.2, 0.25) is 5.02 Å². The predicted octanol–water partition coefficient (Wildman–Crippen LogP) is 1.84. The minimum atomic E-state index is 0.0222. The van der Waals surface area contributed by atoms with Crippen LogP contribution in [-0.2, 0) is 4.79 Å². The zero-order valence-corrected chi connectivity index (χ0v) is 13.5. The molecule has 0 aliphatic rings. The highest BCUT2D eigenvalue weighted by atomic mass is 35.5. The Hall–Kier alpha value is -1.17. The van der Waals surface area contributed by atoms with Gasteiger partial charge in [-0.25, -0.2) is 4.98 Å². The average molecular weight is 313 g/mol. The molecule has 0 bridgehead atoms. The van der Waals surface area contributed by atoms with Crippen molar-refractivity contribution in [1.29, 1.82) is 0 Å². The van der Waals surface area contributed by atoms with Crippen molar-refractivity contribution in [2.24, 2.45) is 0 Å².